The Kier molecular flexibility index (Phi) is 4.82. The summed E-state index contributed by atoms with van der Waals surface area (Å²) in [4.78, 5) is 0. The van der Waals surface area contributed by atoms with Gasteiger partial charge in [0.15, 0.2) is 0 Å². The molecule has 1 nitrogen and oxygen atoms in total. The van der Waals surface area contributed by atoms with Gasteiger partial charge in [-0.05, 0) is 25.8 Å². The van der Waals surface area contributed by atoms with Gasteiger partial charge in [0, 0.05) is 18.4 Å². The Hall–Kier alpha value is -0.820. The number of aryl methyl sites for hydroxylation is 1. The number of hydrogen-bond donors (Lipinski definition) is 0. The van der Waals surface area contributed by atoms with Crippen LogP contribution in [-0.2, 0) is 0 Å². The highest BCUT2D eigenvalue weighted by atomic mass is 15.4. The summed E-state index contributed by atoms with van der Waals surface area (Å²) in [6.07, 6.45) is 8.34. The van der Waals surface area contributed by atoms with Gasteiger partial charge in [0.2, 0.25) is 0 Å². The second kappa shape index (κ2) is 6.38. The molecule has 1 aromatic rings. The normalized spacial score (nSPS) is 18.1. The van der Waals surface area contributed by atoms with Crippen LogP contribution in [0.5, 0.6) is 0 Å². The van der Waals surface area contributed by atoms with Gasteiger partial charge in [-0.2, -0.15) is 0 Å². The van der Waals surface area contributed by atoms with E-state index in [0.717, 1.165) is 0 Å². The summed E-state index contributed by atoms with van der Waals surface area (Å²) in [5, 5.41) is 0. The third-order valence-corrected chi connectivity index (χ3v) is 4.49. The number of rotatable bonds is 6. The quantitative estimate of drug-likeness (QED) is 0.505. The van der Waals surface area contributed by atoms with Crippen LogP contribution < -0.4 is 4.48 Å². The van der Waals surface area contributed by atoms with Crippen LogP contribution in [0.3, 0.4) is 0 Å². The van der Waals surface area contributed by atoms with Crippen molar-refractivity contribution in [3.05, 3.63) is 29.8 Å². The van der Waals surface area contributed by atoms with E-state index in [0.29, 0.717) is 0 Å². The molecule has 2 rings (SSSR count). The molecule has 1 aliphatic rings. The van der Waals surface area contributed by atoms with Gasteiger partial charge < -0.3 is 0 Å². The Morgan fingerprint density at radius 1 is 1.00 bits per heavy atom. The van der Waals surface area contributed by atoms with Gasteiger partial charge in [-0.25, -0.2) is 0 Å². The maximum atomic E-state index is 2.36. The number of quaternary nitrogens is 1. The van der Waals surface area contributed by atoms with Crippen LogP contribution in [0.4, 0.5) is 5.69 Å². The van der Waals surface area contributed by atoms with E-state index in [1.54, 1.807) is 5.69 Å². The molecule has 0 unspecified atom stereocenters. The molecule has 0 bridgehead atoms. The lowest BCUT2D eigenvalue weighted by atomic mass is 10.1. The van der Waals surface area contributed by atoms with Crippen LogP contribution in [-0.4, -0.2) is 19.6 Å². The molecule has 0 radical (unpaired) electrons. The van der Waals surface area contributed by atoms with Crippen LogP contribution in [0.15, 0.2) is 24.3 Å². The first kappa shape index (κ1) is 13.6. The molecule has 0 spiro atoms. The SMILES string of the molecule is CCCCCC[N+]1(c2ccccc2C)CCCC1. The predicted octanol–water partition coefficient (Wildman–Crippen LogP) is 4.68. The fourth-order valence-corrected chi connectivity index (χ4v) is 3.46. The second-order valence-electron chi connectivity index (χ2n) is 5.87. The van der Waals surface area contributed by atoms with E-state index < -0.39 is 0 Å². The lowest BCUT2D eigenvalue weighted by Crippen LogP contribution is -2.47. The van der Waals surface area contributed by atoms with Crippen molar-refractivity contribution in [2.75, 3.05) is 19.6 Å². The zero-order valence-electron chi connectivity index (χ0n) is 12.1. The Bertz CT molecular complexity index is 364. The van der Waals surface area contributed by atoms with Gasteiger partial charge in [0.05, 0.1) is 19.6 Å². The van der Waals surface area contributed by atoms with E-state index in [-0.39, 0.29) is 0 Å². The summed E-state index contributed by atoms with van der Waals surface area (Å²) in [6.45, 7) is 8.64. The molecule has 0 aliphatic carbocycles. The largest absolute Gasteiger partial charge is 0.291 e. The van der Waals surface area contributed by atoms with Crippen molar-refractivity contribution in [1.29, 1.82) is 0 Å². The summed E-state index contributed by atoms with van der Waals surface area (Å²) in [7, 11) is 0. The summed E-state index contributed by atoms with van der Waals surface area (Å²) in [5.41, 5.74) is 3.07. The van der Waals surface area contributed by atoms with E-state index >= 15 is 0 Å². The van der Waals surface area contributed by atoms with Crippen molar-refractivity contribution in [3.63, 3.8) is 0 Å². The average molecular weight is 246 g/mol. The molecular formula is C17H28N+. The summed E-state index contributed by atoms with van der Waals surface area (Å²) >= 11 is 0. The van der Waals surface area contributed by atoms with Gasteiger partial charge in [-0.3, -0.25) is 4.48 Å². The van der Waals surface area contributed by atoms with Crippen LogP contribution in [0.25, 0.3) is 0 Å². The number of nitrogens with zero attached hydrogens (tertiary/aromatic N) is 1. The van der Waals surface area contributed by atoms with Crippen molar-refractivity contribution < 1.29 is 0 Å². The third kappa shape index (κ3) is 2.95. The summed E-state index contributed by atoms with van der Waals surface area (Å²) < 4.78 is 1.26. The van der Waals surface area contributed by atoms with Gasteiger partial charge in [0.25, 0.3) is 0 Å². The fourth-order valence-electron chi connectivity index (χ4n) is 3.46. The molecule has 0 N–H and O–H groups in total. The minimum Gasteiger partial charge on any atom is -0.291 e. The van der Waals surface area contributed by atoms with E-state index in [2.05, 4.69) is 38.1 Å². The molecule has 1 heteroatoms. The lowest BCUT2D eigenvalue weighted by molar-refractivity contribution is 0.322. The van der Waals surface area contributed by atoms with Crippen LogP contribution in [0.1, 0.15) is 51.0 Å². The van der Waals surface area contributed by atoms with Gasteiger partial charge in [0.1, 0.15) is 5.69 Å². The average Bonchev–Trinajstić information content (AvgIpc) is 2.85. The third-order valence-electron chi connectivity index (χ3n) is 4.49. The molecule has 18 heavy (non-hydrogen) atoms. The predicted molar refractivity (Wildman–Crippen MR) is 81.0 cm³/mol. The molecule has 1 aliphatic heterocycles. The van der Waals surface area contributed by atoms with Crippen LogP contribution in [0, 0.1) is 6.92 Å². The first-order chi connectivity index (χ1) is 8.78. The van der Waals surface area contributed by atoms with Crippen molar-refractivity contribution in [2.24, 2.45) is 0 Å². The zero-order valence-corrected chi connectivity index (χ0v) is 12.1. The number of benzene rings is 1. The first-order valence-corrected chi connectivity index (χ1v) is 7.71. The molecule has 1 heterocycles. The van der Waals surface area contributed by atoms with Gasteiger partial charge >= 0.3 is 0 Å². The minimum absolute atomic E-state index is 1.26. The Labute approximate surface area is 112 Å². The molecule has 0 aromatic heterocycles. The van der Waals surface area contributed by atoms with E-state index in [4.69, 9.17) is 0 Å². The topological polar surface area (TPSA) is 0 Å². The lowest BCUT2D eigenvalue weighted by Gasteiger charge is -2.35. The van der Waals surface area contributed by atoms with Gasteiger partial charge in [-0.15, -0.1) is 0 Å². The van der Waals surface area contributed by atoms with E-state index in [9.17, 15) is 0 Å². The minimum atomic E-state index is 1.26. The number of likely N-dealkylation sites (tertiary alicyclic amines) is 1. The zero-order chi connectivity index (χ0) is 12.8. The molecule has 1 aromatic carbocycles. The maximum Gasteiger partial charge on any atom is 0.135 e. The summed E-state index contributed by atoms with van der Waals surface area (Å²) in [6, 6.07) is 9.02. The Morgan fingerprint density at radius 3 is 2.39 bits per heavy atom. The number of para-hydroxylation sites is 1. The first-order valence-electron chi connectivity index (χ1n) is 7.71. The smallest absolute Gasteiger partial charge is 0.135 e. The molecule has 0 atom stereocenters. The van der Waals surface area contributed by atoms with Crippen LogP contribution in [0.2, 0.25) is 0 Å². The number of unbranched alkanes of at least 4 members (excludes halogenated alkanes) is 3. The van der Waals surface area contributed by atoms with E-state index in [1.165, 1.54) is 68.2 Å². The molecule has 0 amide bonds. The van der Waals surface area contributed by atoms with Crippen molar-refractivity contribution >= 4 is 5.69 Å². The summed E-state index contributed by atoms with van der Waals surface area (Å²) in [5.74, 6) is 0. The Morgan fingerprint density at radius 2 is 1.72 bits per heavy atom. The van der Waals surface area contributed by atoms with Crippen molar-refractivity contribution in [2.45, 2.75) is 52.4 Å². The van der Waals surface area contributed by atoms with E-state index in [1.807, 2.05) is 0 Å². The fraction of sp³-hybridized carbons (Fsp3) is 0.647. The van der Waals surface area contributed by atoms with Crippen molar-refractivity contribution in [3.8, 4) is 0 Å². The monoisotopic (exact) mass is 246 g/mol. The molecular weight excluding hydrogens is 218 g/mol. The molecule has 0 saturated carbocycles. The molecule has 100 valence electrons. The highest BCUT2D eigenvalue weighted by Crippen LogP contribution is 2.32. The number of hydrogen-bond acceptors (Lipinski definition) is 0. The molecule has 1 fully saturated rings. The maximum absolute atomic E-state index is 2.36. The van der Waals surface area contributed by atoms with Crippen molar-refractivity contribution in [1.82, 2.24) is 4.48 Å². The molecule has 1 saturated heterocycles. The van der Waals surface area contributed by atoms with Gasteiger partial charge in [-0.1, -0.05) is 38.0 Å². The second-order valence-corrected chi connectivity index (χ2v) is 5.87. The Balaban J connectivity index is 2.09. The highest BCUT2D eigenvalue weighted by molar-refractivity contribution is 5.50. The highest BCUT2D eigenvalue weighted by Gasteiger charge is 2.34. The van der Waals surface area contributed by atoms with Crippen LogP contribution >= 0.6 is 0 Å². The standard InChI is InChI=1S/C17H28N/c1-3-4-5-8-13-18(14-9-10-15-18)17-12-7-6-11-16(17)2/h6-7,11-12H,3-5,8-10,13-15H2,1-2H3/q+1.